The van der Waals surface area contributed by atoms with E-state index in [1.165, 1.54) is 9.80 Å². The van der Waals surface area contributed by atoms with Crippen molar-refractivity contribution in [2.24, 2.45) is 0 Å². The lowest BCUT2D eigenvalue weighted by Crippen LogP contribution is -2.32. The summed E-state index contributed by atoms with van der Waals surface area (Å²) in [6, 6.07) is 0.314. The van der Waals surface area contributed by atoms with Crippen LogP contribution in [-0.2, 0) is 4.79 Å². The van der Waals surface area contributed by atoms with E-state index >= 15 is 0 Å². The van der Waals surface area contributed by atoms with Gasteiger partial charge in [-0.25, -0.2) is 0 Å². The third-order valence-corrected chi connectivity index (χ3v) is 2.94. The van der Waals surface area contributed by atoms with Gasteiger partial charge in [-0.05, 0) is 27.7 Å². The lowest BCUT2D eigenvalue weighted by atomic mass is 10.4. The molecule has 1 fully saturated rings. The standard InChI is InChI=1S/C13H22N8O/c1-7(2)15-11-17-12(16-8(3)4)19-13(18-11)21-6-9(22)20(5)10(21)14/h7-8,14H,6H2,1-5H3,(H2,15,16,17,18,19). The molecule has 9 heteroatoms. The van der Waals surface area contributed by atoms with Crippen LogP contribution in [0.4, 0.5) is 17.8 Å². The number of amides is 1. The molecule has 0 unspecified atom stereocenters. The molecule has 0 spiro atoms. The Bertz CT molecular complexity index is 557. The van der Waals surface area contributed by atoms with Gasteiger partial charge in [-0.15, -0.1) is 0 Å². The van der Waals surface area contributed by atoms with Crippen molar-refractivity contribution in [3.05, 3.63) is 0 Å². The molecule has 3 N–H and O–H groups in total. The van der Waals surface area contributed by atoms with Crippen LogP contribution < -0.4 is 15.5 Å². The van der Waals surface area contributed by atoms with Crippen LogP contribution in [0, 0.1) is 5.41 Å². The Kier molecular flexibility index (Phi) is 4.43. The second-order valence-electron chi connectivity index (χ2n) is 5.74. The summed E-state index contributed by atoms with van der Waals surface area (Å²) in [5, 5.41) is 14.2. The van der Waals surface area contributed by atoms with Crippen molar-refractivity contribution in [2.75, 3.05) is 29.1 Å². The fourth-order valence-corrected chi connectivity index (χ4v) is 1.91. The first-order chi connectivity index (χ1) is 10.3. The number of hydrogen-bond donors (Lipinski definition) is 3. The number of carbonyl (C=O) groups is 1. The number of rotatable bonds is 5. The smallest absolute Gasteiger partial charge is 0.249 e. The average molecular weight is 306 g/mol. The first-order valence-corrected chi connectivity index (χ1v) is 7.19. The van der Waals surface area contributed by atoms with Crippen molar-refractivity contribution in [1.29, 1.82) is 5.41 Å². The molecule has 0 saturated carbocycles. The summed E-state index contributed by atoms with van der Waals surface area (Å²) in [4.78, 5) is 27.4. The van der Waals surface area contributed by atoms with E-state index in [0.29, 0.717) is 11.9 Å². The highest BCUT2D eigenvalue weighted by Crippen LogP contribution is 2.19. The minimum atomic E-state index is -0.165. The molecule has 0 aromatic carbocycles. The Balaban J connectivity index is 2.37. The lowest BCUT2D eigenvalue weighted by Gasteiger charge is -2.18. The number of carbonyl (C=O) groups excluding carboxylic acids is 1. The van der Waals surface area contributed by atoms with E-state index in [1.54, 1.807) is 7.05 Å². The molecule has 0 atom stereocenters. The van der Waals surface area contributed by atoms with Crippen molar-refractivity contribution in [2.45, 2.75) is 39.8 Å². The van der Waals surface area contributed by atoms with Gasteiger partial charge in [0, 0.05) is 19.1 Å². The SMILES string of the molecule is CC(C)Nc1nc(NC(C)C)nc(N2CC(=O)N(C)C2=N)n1. The highest BCUT2D eigenvalue weighted by Gasteiger charge is 2.33. The maximum absolute atomic E-state index is 11.7. The van der Waals surface area contributed by atoms with E-state index in [9.17, 15) is 4.79 Å². The van der Waals surface area contributed by atoms with Gasteiger partial charge in [-0.1, -0.05) is 0 Å². The highest BCUT2D eigenvalue weighted by atomic mass is 16.2. The molecule has 1 saturated heterocycles. The molecular weight excluding hydrogens is 284 g/mol. The number of nitrogens with zero attached hydrogens (tertiary/aromatic N) is 5. The monoisotopic (exact) mass is 306 g/mol. The molecule has 1 aromatic rings. The molecule has 9 nitrogen and oxygen atoms in total. The van der Waals surface area contributed by atoms with Crippen LogP contribution in [0.3, 0.4) is 0 Å². The zero-order valence-corrected chi connectivity index (χ0v) is 13.5. The largest absolute Gasteiger partial charge is 0.352 e. The van der Waals surface area contributed by atoms with Crippen molar-refractivity contribution < 1.29 is 4.79 Å². The van der Waals surface area contributed by atoms with E-state index in [2.05, 4.69) is 25.6 Å². The molecule has 1 aliphatic rings. The van der Waals surface area contributed by atoms with Gasteiger partial charge in [-0.3, -0.25) is 20.0 Å². The normalized spacial score (nSPS) is 15.2. The topological polar surface area (TPSA) is 110 Å². The fraction of sp³-hybridized carbons (Fsp3) is 0.615. The number of hydrogen-bond acceptors (Lipinski definition) is 7. The van der Waals surface area contributed by atoms with Gasteiger partial charge in [0.2, 0.25) is 29.7 Å². The van der Waals surface area contributed by atoms with Crippen molar-refractivity contribution in [3.8, 4) is 0 Å². The van der Waals surface area contributed by atoms with E-state index in [4.69, 9.17) is 5.41 Å². The van der Waals surface area contributed by atoms with Gasteiger partial charge in [0.1, 0.15) is 6.54 Å². The summed E-state index contributed by atoms with van der Waals surface area (Å²) in [6.07, 6.45) is 0. The van der Waals surface area contributed by atoms with Crippen LogP contribution >= 0.6 is 0 Å². The molecule has 1 amide bonds. The highest BCUT2D eigenvalue weighted by molar-refractivity contribution is 6.12. The van der Waals surface area contributed by atoms with Crippen molar-refractivity contribution >= 4 is 29.7 Å². The molecule has 2 rings (SSSR count). The van der Waals surface area contributed by atoms with E-state index in [-0.39, 0.29) is 36.4 Å². The van der Waals surface area contributed by atoms with Crippen LogP contribution in [-0.4, -0.2) is 57.4 Å². The number of likely N-dealkylation sites (N-methyl/N-ethyl adjacent to an activating group) is 1. The van der Waals surface area contributed by atoms with Gasteiger partial charge in [-0.2, -0.15) is 15.0 Å². The molecular formula is C13H22N8O. The quantitative estimate of drug-likeness (QED) is 0.735. The van der Waals surface area contributed by atoms with Gasteiger partial charge in [0.15, 0.2) is 0 Å². The zero-order valence-electron chi connectivity index (χ0n) is 13.5. The Labute approximate surface area is 129 Å². The number of aromatic nitrogens is 3. The maximum atomic E-state index is 11.7. The third-order valence-electron chi connectivity index (χ3n) is 2.94. The van der Waals surface area contributed by atoms with Crippen molar-refractivity contribution in [3.63, 3.8) is 0 Å². The summed E-state index contributed by atoms with van der Waals surface area (Å²) < 4.78 is 0. The molecule has 0 bridgehead atoms. The first-order valence-electron chi connectivity index (χ1n) is 7.19. The van der Waals surface area contributed by atoms with Crippen LogP contribution in [0.1, 0.15) is 27.7 Å². The molecule has 22 heavy (non-hydrogen) atoms. The molecule has 120 valence electrons. The third kappa shape index (κ3) is 3.41. The fourth-order valence-electron chi connectivity index (χ4n) is 1.91. The minimum absolute atomic E-state index is 0.0571. The van der Waals surface area contributed by atoms with E-state index in [1.807, 2.05) is 27.7 Å². The van der Waals surface area contributed by atoms with E-state index < -0.39 is 0 Å². The molecule has 1 aliphatic heterocycles. The van der Waals surface area contributed by atoms with Gasteiger partial charge in [0.05, 0.1) is 0 Å². The Morgan fingerprint density at radius 1 is 1.05 bits per heavy atom. The lowest BCUT2D eigenvalue weighted by molar-refractivity contribution is -0.123. The summed E-state index contributed by atoms with van der Waals surface area (Å²) in [5.41, 5.74) is 0. The molecule has 1 aromatic heterocycles. The summed E-state index contributed by atoms with van der Waals surface area (Å²) in [7, 11) is 1.56. The maximum Gasteiger partial charge on any atom is 0.249 e. The van der Waals surface area contributed by atoms with E-state index in [0.717, 1.165) is 0 Å². The average Bonchev–Trinajstić information content (AvgIpc) is 2.64. The molecule has 0 aliphatic carbocycles. The van der Waals surface area contributed by atoms with Gasteiger partial charge < -0.3 is 10.6 Å². The number of guanidine groups is 1. The Morgan fingerprint density at radius 2 is 1.55 bits per heavy atom. The predicted octanol–water partition coefficient (Wildman–Crippen LogP) is 0.725. The van der Waals surface area contributed by atoms with Crippen molar-refractivity contribution in [1.82, 2.24) is 19.9 Å². The molecule has 0 radical (unpaired) electrons. The van der Waals surface area contributed by atoms with Crippen LogP contribution in [0.25, 0.3) is 0 Å². The second kappa shape index (κ2) is 6.12. The summed E-state index contributed by atoms with van der Waals surface area (Å²) in [6.45, 7) is 7.98. The van der Waals surface area contributed by atoms with Crippen LogP contribution in [0.5, 0.6) is 0 Å². The number of nitrogens with one attached hydrogen (secondary N) is 3. The first kappa shape index (κ1) is 15.9. The number of anilines is 3. The summed E-state index contributed by atoms with van der Waals surface area (Å²) in [5.74, 6) is 1.00. The zero-order chi connectivity index (χ0) is 16.4. The van der Waals surface area contributed by atoms with Crippen LogP contribution in [0.2, 0.25) is 0 Å². The van der Waals surface area contributed by atoms with Crippen LogP contribution in [0.15, 0.2) is 0 Å². The van der Waals surface area contributed by atoms with Gasteiger partial charge >= 0.3 is 0 Å². The minimum Gasteiger partial charge on any atom is -0.352 e. The summed E-state index contributed by atoms with van der Waals surface area (Å²) >= 11 is 0. The van der Waals surface area contributed by atoms with Gasteiger partial charge in [0.25, 0.3) is 0 Å². The Hall–Kier alpha value is -2.45. The molecule has 2 heterocycles. The second-order valence-corrected chi connectivity index (χ2v) is 5.74. The Morgan fingerprint density at radius 3 is 1.91 bits per heavy atom. The predicted molar refractivity (Wildman–Crippen MR) is 85.2 cm³/mol.